The molecular weight excluding hydrogens is 364 g/mol. The number of nitrogens with two attached hydrogens (primary N) is 1. The van der Waals surface area contributed by atoms with Gasteiger partial charge in [0, 0.05) is 18.1 Å². The van der Waals surface area contributed by atoms with Crippen molar-refractivity contribution in [2.75, 3.05) is 0 Å². The number of aromatic nitrogens is 4. The van der Waals surface area contributed by atoms with Crippen LogP contribution in [0.15, 0.2) is 54.4 Å². The molecule has 1 unspecified atom stereocenters. The van der Waals surface area contributed by atoms with E-state index < -0.39 is 0 Å². The number of benzene rings is 1. The number of hydrogen-bond donors (Lipinski definition) is 1. The summed E-state index contributed by atoms with van der Waals surface area (Å²) in [7, 11) is 0. The molecule has 2 aromatic heterocycles. The molecule has 0 amide bonds. The number of nitrogens with zero attached hydrogens (tertiary/aromatic N) is 5. The minimum Gasteiger partial charge on any atom is -0.422 e. The van der Waals surface area contributed by atoms with Gasteiger partial charge in [-0.05, 0) is 37.5 Å². The van der Waals surface area contributed by atoms with Crippen molar-refractivity contribution >= 4 is 0 Å². The largest absolute Gasteiger partial charge is 0.422 e. The maximum atomic E-state index is 9.86. The van der Waals surface area contributed by atoms with Crippen LogP contribution in [0.5, 0.6) is 5.88 Å². The Morgan fingerprint density at radius 3 is 2.45 bits per heavy atom. The fraction of sp³-hybridized carbons (Fsp3) is 0.318. The van der Waals surface area contributed by atoms with E-state index >= 15 is 0 Å². The molecule has 0 fully saturated rings. The number of imidazole rings is 1. The Bertz CT molecular complexity index is 1100. The molecule has 3 aromatic rings. The lowest BCUT2D eigenvalue weighted by atomic mass is 9.82. The first kappa shape index (κ1) is 18.8. The van der Waals surface area contributed by atoms with Crippen LogP contribution in [0, 0.1) is 11.3 Å². The average Bonchev–Trinajstić information content (AvgIpc) is 3.35. The lowest BCUT2D eigenvalue weighted by molar-refractivity contribution is 0.334. The number of ether oxygens (including phenoxy) is 1. The van der Waals surface area contributed by atoms with E-state index in [0.717, 1.165) is 22.5 Å². The van der Waals surface area contributed by atoms with Gasteiger partial charge in [0.2, 0.25) is 11.8 Å². The van der Waals surface area contributed by atoms with Gasteiger partial charge in [-0.2, -0.15) is 10.4 Å². The fourth-order valence-electron chi connectivity index (χ4n) is 3.75. The van der Waals surface area contributed by atoms with Gasteiger partial charge in [0.25, 0.3) is 0 Å². The predicted octanol–water partition coefficient (Wildman–Crippen LogP) is 3.99. The van der Waals surface area contributed by atoms with Gasteiger partial charge in [0.05, 0.1) is 29.5 Å². The maximum Gasteiger partial charge on any atom is 0.224 e. The minimum absolute atomic E-state index is 0.108. The van der Waals surface area contributed by atoms with Crippen molar-refractivity contribution < 1.29 is 4.74 Å². The zero-order valence-electron chi connectivity index (χ0n) is 17.0. The molecule has 0 saturated carbocycles. The van der Waals surface area contributed by atoms with Crippen LogP contribution in [0.25, 0.3) is 5.69 Å². The zero-order valence-corrected chi connectivity index (χ0v) is 17.0. The zero-order chi connectivity index (χ0) is 20.7. The minimum atomic E-state index is -0.314. The van der Waals surface area contributed by atoms with E-state index in [1.165, 1.54) is 0 Å². The van der Waals surface area contributed by atoms with Crippen molar-refractivity contribution in [1.82, 2.24) is 19.3 Å². The Kier molecular flexibility index (Phi) is 4.63. The summed E-state index contributed by atoms with van der Waals surface area (Å²) in [6, 6.07) is 10.5. The lowest BCUT2D eigenvalue weighted by Gasteiger charge is -2.26. The number of hydrogen-bond acceptors (Lipinski definition) is 5. The molecule has 3 heterocycles. The first-order valence-corrected chi connectivity index (χ1v) is 9.70. The highest BCUT2D eigenvalue weighted by Crippen LogP contribution is 2.46. The molecule has 7 heteroatoms. The summed E-state index contributed by atoms with van der Waals surface area (Å²) < 4.78 is 9.71. The third-order valence-electron chi connectivity index (χ3n) is 5.16. The van der Waals surface area contributed by atoms with Crippen LogP contribution in [-0.2, 0) is 0 Å². The number of fused-ring (bicyclic) bond motifs is 1. The van der Waals surface area contributed by atoms with Crippen LogP contribution in [0.2, 0.25) is 0 Å². The standard InChI is InChI=1S/C22H24N6O/c1-13(2)20-19-18(15-5-7-16(8-6-15)27-10-9-25-12-27)17(11-23)21(24)29-22(19)28(26-20)14(3)4/h5-10,12-14,18H,24H2,1-4H3. The van der Waals surface area contributed by atoms with Crippen molar-refractivity contribution in [2.24, 2.45) is 5.73 Å². The molecule has 1 aliphatic heterocycles. The van der Waals surface area contributed by atoms with E-state index in [4.69, 9.17) is 15.6 Å². The van der Waals surface area contributed by atoms with Crippen molar-refractivity contribution in [3.05, 3.63) is 71.3 Å². The molecule has 0 aliphatic carbocycles. The van der Waals surface area contributed by atoms with E-state index in [-0.39, 0.29) is 23.8 Å². The van der Waals surface area contributed by atoms with Gasteiger partial charge in [-0.1, -0.05) is 26.0 Å². The lowest BCUT2D eigenvalue weighted by Crippen LogP contribution is -2.23. The van der Waals surface area contributed by atoms with Crippen molar-refractivity contribution in [2.45, 2.75) is 45.6 Å². The van der Waals surface area contributed by atoms with Crippen LogP contribution in [0.3, 0.4) is 0 Å². The number of nitriles is 1. The second kappa shape index (κ2) is 7.13. The third kappa shape index (κ3) is 3.07. The molecule has 1 aliphatic rings. The average molecular weight is 388 g/mol. The van der Waals surface area contributed by atoms with Gasteiger partial charge in [-0.3, -0.25) is 0 Å². The summed E-state index contributed by atoms with van der Waals surface area (Å²) in [6.45, 7) is 8.30. The van der Waals surface area contributed by atoms with E-state index in [2.05, 4.69) is 38.7 Å². The number of allylic oxidation sites excluding steroid dienone is 1. The van der Waals surface area contributed by atoms with E-state index in [0.29, 0.717) is 11.5 Å². The molecule has 0 saturated heterocycles. The Balaban J connectivity index is 1.90. The molecule has 0 radical (unpaired) electrons. The third-order valence-corrected chi connectivity index (χ3v) is 5.16. The highest BCUT2D eigenvalue weighted by atomic mass is 16.5. The van der Waals surface area contributed by atoms with Gasteiger partial charge in [-0.15, -0.1) is 0 Å². The first-order chi connectivity index (χ1) is 13.9. The Morgan fingerprint density at radius 2 is 1.90 bits per heavy atom. The molecule has 148 valence electrons. The van der Waals surface area contributed by atoms with Crippen LogP contribution >= 0.6 is 0 Å². The molecule has 7 nitrogen and oxygen atoms in total. The van der Waals surface area contributed by atoms with Crippen molar-refractivity contribution in [1.29, 1.82) is 5.26 Å². The van der Waals surface area contributed by atoms with Gasteiger partial charge in [0.1, 0.15) is 11.6 Å². The maximum absolute atomic E-state index is 9.86. The number of rotatable bonds is 4. The highest BCUT2D eigenvalue weighted by molar-refractivity contribution is 5.57. The monoisotopic (exact) mass is 388 g/mol. The van der Waals surface area contributed by atoms with Crippen LogP contribution in [-0.4, -0.2) is 19.3 Å². The summed E-state index contributed by atoms with van der Waals surface area (Å²) in [5, 5.41) is 14.7. The Hall–Kier alpha value is -3.53. The Morgan fingerprint density at radius 1 is 1.17 bits per heavy atom. The molecule has 1 atom stereocenters. The second-order valence-corrected chi connectivity index (χ2v) is 7.78. The highest BCUT2D eigenvalue weighted by Gasteiger charge is 2.37. The second-order valence-electron chi connectivity index (χ2n) is 7.78. The molecule has 0 spiro atoms. The van der Waals surface area contributed by atoms with Crippen LogP contribution in [0.4, 0.5) is 0 Å². The Labute approximate surface area is 170 Å². The van der Waals surface area contributed by atoms with Gasteiger partial charge >= 0.3 is 0 Å². The van der Waals surface area contributed by atoms with Crippen LogP contribution < -0.4 is 10.5 Å². The van der Waals surface area contributed by atoms with E-state index in [1.807, 2.05) is 39.7 Å². The summed E-state index contributed by atoms with van der Waals surface area (Å²) in [6.07, 6.45) is 5.39. The predicted molar refractivity (Wildman–Crippen MR) is 110 cm³/mol. The normalized spacial score (nSPS) is 16.1. The summed E-state index contributed by atoms with van der Waals surface area (Å²) in [4.78, 5) is 4.09. The molecule has 1 aromatic carbocycles. The molecule has 29 heavy (non-hydrogen) atoms. The molecule has 2 N–H and O–H groups in total. The van der Waals surface area contributed by atoms with Gasteiger partial charge in [-0.25, -0.2) is 9.67 Å². The summed E-state index contributed by atoms with van der Waals surface area (Å²) in [5.74, 6) is 0.634. The smallest absolute Gasteiger partial charge is 0.224 e. The van der Waals surface area contributed by atoms with Crippen LogP contribution in [0.1, 0.15) is 62.4 Å². The van der Waals surface area contributed by atoms with Gasteiger partial charge in [0.15, 0.2) is 0 Å². The molecule has 0 bridgehead atoms. The quantitative estimate of drug-likeness (QED) is 0.729. The topological polar surface area (TPSA) is 94.7 Å². The summed E-state index contributed by atoms with van der Waals surface area (Å²) in [5.41, 5.74) is 10.4. The molecular formula is C22H24N6O. The SMILES string of the molecule is CC(C)c1nn(C(C)C)c2c1C(c1ccc(-n3ccnc3)cc1)C(C#N)=C(N)O2. The van der Waals surface area contributed by atoms with E-state index in [9.17, 15) is 5.26 Å². The molecule has 4 rings (SSSR count). The van der Waals surface area contributed by atoms with Crippen molar-refractivity contribution in [3.63, 3.8) is 0 Å². The van der Waals surface area contributed by atoms with Gasteiger partial charge < -0.3 is 15.0 Å². The first-order valence-electron chi connectivity index (χ1n) is 9.70. The summed E-state index contributed by atoms with van der Waals surface area (Å²) >= 11 is 0. The van der Waals surface area contributed by atoms with E-state index in [1.54, 1.807) is 12.5 Å². The fourth-order valence-corrected chi connectivity index (χ4v) is 3.75. The van der Waals surface area contributed by atoms with Crippen molar-refractivity contribution in [3.8, 4) is 17.6 Å².